The Bertz CT molecular complexity index is 1200. The molecule has 0 saturated heterocycles. The Morgan fingerprint density at radius 3 is 2.53 bits per heavy atom. The molecule has 4 rings (SSSR count). The van der Waals surface area contributed by atoms with Gasteiger partial charge in [-0.2, -0.15) is 10.2 Å². The topological polar surface area (TPSA) is 105 Å². The molecule has 0 N–H and O–H groups in total. The molecule has 9 heteroatoms. The average molecular weight is 402 g/mol. The van der Waals surface area contributed by atoms with E-state index in [0.29, 0.717) is 22.6 Å². The minimum atomic E-state index is -0.291. The number of pyridine rings is 1. The van der Waals surface area contributed by atoms with Gasteiger partial charge in [0.25, 0.3) is 0 Å². The number of aryl methyl sites for hydroxylation is 2. The molecular formula is C21H18N6O3. The van der Waals surface area contributed by atoms with Gasteiger partial charge in [0.2, 0.25) is 11.7 Å². The number of benzene rings is 1. The van der Waals surface area contributed by atoms with Crippen LogP contribution in [0.3, 0.4) is 0 Å². The molecule has 4 aromatic rings. The van der Waals surface area contributed by atoms with Crippen molar-refractivity contribution in [2.75, 3.05) is 6.61 Å². The molecule has 0 spiro atoms. The van der Waals surface area contributed by atoms with Crippen LogP contribution in [-0.2, 0) is 7.05 Å². The number of hydrogen-bond donors (Lipinski definition) is 0. The highest BCUT2D eigenvalue weighted by Gasteiger charge is 2.22. The van der Waals surface area contributed by atoms with Crippen molar-refractivity contribution >= 4 is 11.6 Å². The van der Waals surface area contributed by atoms with E-state index in [2.05, 4.69) is 20.2 Å². The van der Waals surface area contributed by atoms with E-state index in [-0.39, 0.29) is 29.6 Å². The third kappa shape index (κ3) is 3.72. The summed E-state index contributed by atoms with van der Waals surface area (Å²) in [5.41, 5.74) is 1.74. The van der Waals surface area contributed by atoms with Gasteiger partial charge in [0.1, 0.15) is 18.2 Å². The number of rotatable bonds is 7. The molecule has 0 aliphatic rings. The zero-order valence-electron chi connectivity index (χ0n) is 16.4. The van der Waals surface area contributed by atoms with Crippen LogP contribution in [0.5, 0.6) is 5.88 Å². The maximum atomic E-state index is 13.1. The molecule has 3 aromatic heterocycles. The molecule has 0 fully saturated rings. The minimum absolute atomic E-state index is 0.190. The number of Topliss-reactive ketones (excluding diaryl/α,β-unsaturated/α-hetero) is 1. The van der Waals surface area contributed by atoms with Gasteiger partial charge in [-0.1, -0.05) is 30.3 Å². The van der Waals surface area contributed by atoms with E-state index in [4.69, 9.17) is 4.74 Å². The van der Waals surface area contributed by atoms with Crippen molar-refractivity contribution in [1.82, 2.24) is 29.5 Å². The molecule has 0 aliphatic heterocycles. The summed E-state index contributed by atoms with van der Waals surface area (Å²) in [4.78, 5) is 33.8. The SMILES string of the molecule is Cc1nc(-n2cncn2)ccc1C(=O)c1cnn(C)c1OCC(=O)c1ccccc1. The Hall–Kier alpha value is -4.14. The van der Waals surface area contributed by atoms with Crippen LogP contribution in [0.25, 0.3) is 5.82 Å². The summed E-state index contributed by atoms with van der Waals surface area (Å²) in [5.74, 6) is 0.298. The van der Waals surface area contributed by atoms with Crippen molar-refractivity contribution in [3.63, 3.8) is 0 Å². The summed E-state index contributed by atoms with van der Waals surface area (Å²) in [6.45, 7) is 1.54. The molecule has 0 bridgehead atoms. The lowest BCUT2D eigenvalue weighted by Gasteiger charge is -2.10. The zero-order valence-corrected chi connectivity index (χ0v) is 16.4. The largest absolute Gasteiger partial charge is 0.469 e. The van der Waals surface area contributed by atoms with Crippen molar-refractivity contribution in [3.8, 4) is 11.7 Å². The molecule has 150 valence electrons. The van der Waals surface area contributed by atoms with Gasteiger partial charge in [0.15, 0.2) is 18.2 Å². The summed E-state index contributed by atoms with van der Waals surface area (Å²) in [7, 11) is 1.65. The number of aromatic nitrogens is 6. The lowest BCUT2D eigenvalue weighted by molar-refractivity contribution is 0.0908. The van der Waals surface area contributed by atoms with Crippen LogP contribution in [0.15, 0.2) is 61.3 Å². The van der Waals surface area contributed by atoms with Crippen LogP contribution in [0.2, 0.25) is 0 Å². The van der Waals surface area contributed by atoms with E-state index in [0.717, 1.165) is 0 Å². The number of ketones is 2. The van der Waals surface area contributed by atoms with Crippen molar-refractivity contribution in [3.05, 3.63) is 83.7 Å². The Labute approximate surface area is 172 Å². The van der Waals surface area contributed by atoms with Gasteiger partial charge < -0.3 is 4.74 Å². The number of hydrogen-bond acceptors (Lipinski definition) is 7. The Morgan fingerprint density at radius 2 is 1.83 bits per heavy atom. The highest BCUT2D eigenvalue weighted by molar-refractivity contribution is 6.11. The highest BCUT2D eigenvalue weighted by atomic mass is 16.5. The van der Waals surface area contributed by atoms with Gasteiger partial charge in [-0.15, -0.1) is 0 Å². The van der Waals surface area contributed by atoms with E-state index in [1.165, 1.54) is 28.2 Å². The number of carbonyl (C=O) groups excluding carboxylic acids is 2. The molecule has 0 amide bonds. The molecule has 3 heterocycles. The van der Waals surface area contributed by atoms with E-state index >= 15 is 0 Å². The van der Waals surface area contributed by atoms with Crippen molar-refractivity contribution < 1.29 is 14.3 Å². The molecule has 0 saturated carbocycles. The Kier molecular flexibility index (Phi) is 5.17. The second-order valence-electron chi connectivity index (χ2n) is 6.54. The van der Waals surface area contributed by atoms with Crippen LogP contribution in [-0.4, -0.2) is 47.7 Å². The highest BCUT2D eigenvalue weighted by Crippen LogP contribution is 2.23. The van der Waals surface area contributed by atoms with E-state index in [1.807, 2.05) is 6.07 Å². The second-order valence-corrected chi connectivity index (χ2v) is 6.54. The predicted octanol–water partition coefficient (Wildman–Crippen LogP) is 2.20. The smallest absolute Gasteiger partial charge is 0.223 e. The van der Waals surface area contributed by atoms with E-state index in [1.54, 1.807) is 50.4 Å². The first-order chi connectivity index (χ1) is 14.5. The van der Waals surface area contributed by atoms with Gasteiger partial charge in [0, 0.05) is 18.2 Å². The van der Waals surface area contributed by atoms with Gasteiger partial charge in [-0.3, -0.25) is 9.59 Å². The molecule has 0 aliphatic carbocycles. The van der Waals surface area contributed by atoms with Crippen molar-refractivity contribution in [2.24, 2.45) is 7.05 Å². The van der Waals surface area contributed by atoms with Crippen molar-refractivity contribution in [2.45, 2.75) is 6.92 Å². The zero-order chi connectivity index (χ0) is 21.1. The first-order valence-electron chi connectivity index (χ1n) is 9.15. The van der Waals surface area contributed by atoms with E-state index in [9.17, 15) is 9.59 Å². The number of ether oxygens (including phenoxy) is 1. The molecule has 30 heavy (non-hydrogen) atoms. The molecule has 0 radical (unpaired) electrons. The Balaban J connectivity index is 1.56. The van der Waals surface area contributed by atoms with Crippen molar-refractivity contribution in [1.29, 1.82) is 0 Å². The van der Waals surface area contributed by atoms with Gasteiger partial charge in [-0.05, 0) is 19.1 Å². The lowest BCUT2D eigenvalue weighted by atomic mass is 10.0. The fourth-order valence-corrected chi connectivity index (χ4v) is 2.98. The lowest BCUT2D eigenvalue weighted by Crippen LogP contribution is -2.15. The summed E-state index contributed by atoms with van der Waals surface area (Å²) in [6, 6.07) is 12.2. The number of nitrogens with zero attached hydrogens (tertiary/aromatic N) is 6. The monoisotopic (exact) mass is 402 g/mol. The second kappa shape index (κ2) is 8.08. The predicted molar refractivity (Wildman–Crippen MR) is 107 cm³/mol. The first-order valence-corrected chi connectivity index (χ1v) is 9.15. The maximum Gasteiger partial charge on any atom is 0.223 e. The average Bonchev–Trinajstić information content (AvgIpc) is 3.42. The number of carbonyl (C=O) groups is 2. The first kappa shape index (κ1) is 19.2. The summed E-state index contributed by atoms with van der Waals surface area (Å²) < 4.78 is 8.61. The normalized spacial score (nSPS) is 10.7. The quantitative estimate of drug-likeness (QED) is 0.436. The van der Waals surface area contributed by atoms with E-state index < -0.39 is 0 Å². The van der Waals surface area contributed by atoms with Crippen LogP contribution < -0.4 is 4.74 Å². The van der Waals surface area contributed by atoms with Crippen LogP contribution in [0, 0.1) is 6.92 Å². The van der Waals surface area contributed by atoms with Gasteiger partial charge in [-0.25, -0.2) is 19.3 Å². The molecule has 0 atom stereocenters. The Morgan fingerprint density at radius 1 is 1.03 bits per heavy atom. The van der Waals surface area contributed by atoms with Gasteiger partial charge in [0.05, 0.1) is 11.9 Å². The molecular weight excluding hydrogens is 384 g/mol. The van der Waals surface area contributed by atoms with Crippen LogP contribution in [0.4, 0.5) is 0 Å². The summed E-state index contributed by atoms with van der Waals surface area (Å²) >= 11 is 0. The fourth-order valence-electron chi connectivity index (χ4n) is 2.98. The molecule has 0 unspecified atom stereocenters. The van der Waals surface area contributed by atoms with Crippen LogP contribution >= 0.6 is 0 Å². The minimum Gasteiger partial charge on any atom is -0.469 e. The van der Waals surface area contributed by atoms with Gasteiger partial charge >= 0.3 is 0 Å². The third-order valence-corrected chi connectivity index (χ3v) is 4.53. The molecule has 9 nitrogen and oxygen atoms in total. The third-order valence-electron chi connectivity index (χ3n) is 4.53. The maximum absolute atomic E-state index is 13.1. The summed E-state index contributed by atoms with van der Waals surface area (Å²) in [6.07, 6.45) is 4.36. The van der Waals surface area contributed by atoms with Crippen LogP contribution in [0.1, 0.15) is 32.0 Å². The fraction of sp³-hybridized carbons (Fsp3) is 0.143. The summed E-state index contributed by atoms with van der Waals surface area (Å²) in [5, 5.41) is 8.15. The molecule has 1 aromatic carbocycles. The standard InChI is InChI=1S/C21H18N6O3/c1-14-16(8-9-19(25-14)27-13-22-12-24-27)20(29)17-10-23-26(2)21(17)30-11-18(28)15-6-4-3-5-7-15/h3-10,12-13H,11H2,1-2H3.